The van der Waals surface area contributed by atoms with Gasteiger partial charge in [-0.1, -0.05) is 49.4 Å². The molecule has 0 saturated carbocycles. The number of primary sulfonamides is 1. The van der Waals surface area contributed by atoms with E-state index in [-0.39, 0.29) is 17.5 Å². The Morgan fingerprint density at radius 1 is 1.17 bits per heavy atom. The summed E-state index contributed by atoms with van der Waals surface area (Å²) in [6.07, 6.45) is 0.0147. The fraction of sp³-hybridized carbons (Fsp3) is 0.235. The molecule has 0 heterocycles. The van der Waals surface area contributed by atoms with E-state index >= 15 is 0 Å². The number of benzene rings is 2. The first kappa shape index (κ1) is 18.0. The van der Waals surface area contributed by atoms with Gasteiger partial charge in [-0.25, -0.2) is 18.4 Å². The van der Waals surface area contributed by atoms with Crippen molar-refractivity contribution >= 4 is 16.1 Å². The first-order valence-corrected chi connectivity index (χ1v) is 9.04. The summed E-state index contributed by atoms with van der Waals surface area (Å²) >= 11 is 0. The fourth-order valence-electron chi connectivity index (χ4n) is 2.24. The molecule has 7 heteroatoms. The first-order valence-electron chi connectivity index (χ1n) is 7.50. The van der Waals surface area contributed by atoms with Crippen LogP contribution in [0.3, 0.4) is 0 Å². The number of nitrogens with one attached hydrogen (secondary N) is 1. The summed E-state index contributed by atoms with van der Waals surface area (Å²) in [5.74, 6) is 0. The van der Waals surface area contributed by atoms with Crippen molar-refractivity contribution in [3.63, 3.8) is 0 Å². The molecule has 6 nitrogen and oxygen atoms in total. The van der Waals surface area contributed by atoms with Gasteiger partial charge in [-0.3, -0.25) is 0 Å². The van der Waals surface area contributed by atoms with Crippen LogP contribution in [0.1, 0.15) is 30.5 Å². The molecule has 128 valence electrons. The lowest BCUT2D eigenvalue weighted by Crippen LogP contribution is -2.29. The molecule has 3 N–H and O–H groups in total. The van der Waals surface area contributed by atoms with E-state index in [0.717, 1.165) is 5.56 Å². The molecular weight excluding hydrogens is 328 g/mol. The zero-order valence-electron chi connectivity index (χ0n) is 13.3. The summed E-state index contributed by atoms with van der Waals surface area (Å²) in [5, 5.41) is 7.88. The number of ether oxygens (including phenoxy) is 1. The van der Waals surface area contributed by atoms with E-state index in [2.05, 4.69) is 5.32 Å². The SMILES string of the molecule is CCC(NC(=O)OCc1ccccc1)c1cccc(S(N)(=O)=O)c1. The molecular formula is C17H20N2O4S. The molecule has 0 radical (unpaired) electrons. The summed E-state index contributed by atoms with van der Waals surface area (Å²) in [7, 11) is -3.79. The molecule has 0 fully saturated rings. The van der Waals surface area contributed by atoms with Gasteiger partial charge in [0.1, 0.15) is 6.61 Å². The smallest absolute Gasteiger partial charge is 0.407 e. The molecule has 0 spiro atoms. The van der Waals surface area contributed by atoms with Crippen molar-refractivity contribution in [1.29, 1.82) is 0 Å². The van der Waals surface area contributed by atoms with Crippen LogP contribution in [0.25, 0.3) is 0 Å². The summed E-state index contributed by atoms with van der Waals surface area (Å²) in [5.41, 5.74) is 1.54. The average Bonchev–Trinajstić information content (AvgIpc) is 2.58. The number of hydrogen-bond acceptors (Lipinski definition) is 4. The standard InChI is InChI=1S/C17H20N2O4S/c1-2-16(14-9-6-10-15(11-14)24(18,21)22)19-17(20)23-12-13-7-4-3-5-8-13/h3-11,16H,2,12H2,1H3,(H,19,20)(H2,18,21,22). The maximum Gasteiger partial charge on any atom is 0.407 e. The molecule has 1 unspecified atom stereocenters. The highest BCUT2D eigenvalue weighted by Gasteiger charge is 2.16. The molecule has 1 atom stereocenters. The van der Waals surface area contributed by atoms with Crippen LogP contribution >= 0.6 is 0 Å². The molecule has 1 amide bonds. The van der Waals surface area contributed by atoms with Crippen molar-refractivity contribution in [2.24, 2.45) is 5.14 Å². The van der Waals surface area contributed by atoms with Crippen LogP contribution in [0.4, 0.5) is 4.79 Å². The second kappa shape index (κ2) is 7.94. The minimum atomic E-state index is -3.79. The van der Waals surface area contributed by atoms with Crippen LogP contribution in [0.5, 0.6) is 0 Å². The number of alkyl carbamates (subject to hydrolysis) is 1. The van der Waals surface area contributed by atoms with Crippen LogP contribution in [0.2, 0.25) is 0 Å². The lowest BCUT2D eigenvalue weighted by molar-refractivity contribution is 0.135. The van der Waals surface area contributed by atoms with Crippen LogP contribution in [0, 0.1) is 0 Å². The Bertz CT molecular complexity index is 791. The molecule has 0 saturated heterocycles. The van der Waals surface area contributed by atoms with Gasteiger partial charge in [0.25, 0.3) is 0 Å². The van der Waals surface area contributed by atoms with Crippen molar-refractivity contribution in [1.82, 2.24) is 5.32 Å². The Morgan fingerprint density at radius 3 is 2.50 bits per heavy atom. The lowest BCUT2D eigenvalue weighted by atomic mass is 10.1. The molecule has 0 aliphatic rings. The van der Waals surface area contributed by atoms with E-state index < -0.39 is 16.1 Å². The van der Waals surface area contributed by atoms with Gasteiger partial charge in [0, 0.05) is 0 Å². The second-order valence-electron chi connectivity index (χ2n) is 5.28. The maximum absolute atomic E-state index is 12.0. The third-order valence-electron chi connectivity index (χ3n) is 3.50. The molecule has 0 aliphatic heterocycles. The monoisotopic (exact) mass is 348 g/mol. The highest BCUT2D eigenvalue weighted by atomic mass is 32.2. The van der Waals surface area contributed by atoms with Crippen LogP contribution in [-0.2, 0) is 21.4 Å². The van der Waals surface area contributed by atoms with Crippen molar-refractivity contribution in [3.8, 4) is 0 Å². The highest BCUT2D eigenvalue weighted by molar-refractivity contribution is 7.89. The number of sulfonamides is 1. The summed E-state index contributed by atoms with van der Waals surface area (Å²) in [4.78, 5) is 12.0. The number of amides is 1. The van der Waals surface area contributed by atoms with Crippen LogP contribution in [0.15, 0.2) is 59.5 Å². The van der Waals surface area contributed by atoms with Gasteiger partial charge in [0.2, 0.25) is 10.0 Å². The number of hydrogen-bond donors (Lipinski definition) is 2. The van der Waals surface area contributed by atoms with Gasteiger partial charge in [0.15, 0.2) is 0 Å². The van der Waals surface area contributed by atoms with Crippen LogP contribution < -0.4 is 10.5 Å². The van der Waals surface area contributed by atoms with Crippen molar-refractivity contribution in [2.45, 2.75) is 30.9 Å². The van der Waals surface area contributed by atoms with Gasteiger partial charge in [-0.2, -0.15) is 0 Å². The number of carbonyl (C=O) groups excluding carboxylic acids is 1. The molecule has 0 aliphatic carbocycles. The predicted octanol–water partition coefficient (Wildman–Crippen LogP) is 2.71. The third kappa shape index (κ3) is 5.07. The minimum absolute atomic E-state index is 0.0119. The second-order valence-corrected chi connectivity index (χ2v) is 6.85. The van der Waals surface area contributed by atoms with Gasteiger partial charge in [0.05, 0.1) is 10.9 Å². The van der Waals surface area contributed by atoms with Crippen molar-refractivity contribution < 1.29 is 17.9 Å². The van der Waals surface area contributed by atoms with Gasteiger partial charge >= 0.3 is 6.09 Å². The summed E-state index contributed by atoms with van der Waals surface area (Å²) < 4.78 is 28.1. The minimum Gasteiger partial charge on any atom is -0.445 e. The summed E-state index contributed by atoms with van der Waals surface area (Å²) in [6.45, 7) is 2.05. The number of nitrogens with two attached hydrogens (primary N) is 1. The topological polar surface area (TPSA) is 98.5 Å². The van der Waals surface area contributed by atoms with Gasteiger partial charge < -0.3 is 10.1 Å². The predicted molar refractivity (Wildman–Crippen MR) is 90.6 cm³/mol. The maximum atomic E-state index is 12.0. The van der Waals surface area contributed by atoms with E-state index in [0.29, 0.717) is 12.0 Å². The lowest BCUT2D eigenvalue weighted by Gasteiger charge is -2.18. The van der Waals surface area contributed by atoms with E-state index in [1.165, 1.54) is 12.1 Å². The van der Waals surface area contributed by atoms with Gasteiger partial charge in [-0.15, -0.1) is 0 Å². The van der Waals surface area contributed by atoms with E-state index in [1.54, 1.807) is 12.1 Å². The molecule has 24 heavy (non-hydrogen) atoms. The highest BCUT2D eigenvalue weighted by Crippen LogP contribution is 2.20. The van der Waals surface area contributed by atoms with Crippen molar-refractivity contribution in [2.75, 3.05) is 0 Å². The molecule has 0 aromatic heterocycles. The first-order chi connectivity index (χ1) is 11.4. The normalized spacial score (nSPS) is 12.4. The molecule has 2 aromatic carbocycles. The van der Waals surface area contributed by atoms with E-state index in [1.807, 2.05) is 37.3 Å². The Morgan fingerprint density at radius 2 is 1.88 bits per heavy atom. The average molecular weight is 348 g/mol. The number of carbonyl (C=O) groups is 1. The van der Waals surface area contributed by atoms with Gasteiger partial charge in [-0.05, 0) is 29.7 Å². The molecule has 2 aromatic rings. The fourth-order valence-corrected chi connectivity index (χ4v) is 2.81. The molecule has 2 rings (SSSR count). The van der Waals surface area contributed by atoms with Crippen LogP contribution in [-0.4, -0.2) is 14.5 Å². The Kier molecular flexibility index (Phi) is 5.94. The Labute approximate surface area is 141 Å². The van der Waals surface area contributed by atoms with E-state index in [9.17, 15) is 13.2 Å². The summed E-state index contributed by atoms with van der Waals surface area (Å²) in [6, 6.07) is 15.2. The zero-order valence-corrected chi connectivity index (χ0v) is 14.1. The van der Waals surface area contributed by atoms with E-state index in [4.69, 9.17) is 9.88 Å². The Balaban J connectivity index is 2.02. The Hall–Kier alpha value is -2.38. The largest absolute Gasteiger partial charge is 0.445 e. The zero-order chi connectivity index (χ0) is 17.6. The quantitative estimate of drug-likeness (QED) is 0.838. The molecule has 0 bridgehead atoms. The van der Waals surface area contributed by atoms with Crippen molar-refractivity contribution in [3.05, 3.63) is 65.7 Å². The third-order valence-corrected chi connectivity index (χ3v) is 4.41. The number of rotatable bonds is 6.